The van der Waals surface area contributed by atoms with Crippen molar-refractivity contribution >= 4 is 0 Å². The molecule has 3 rings (SSSR count). The molecule has 0 spiro atoms. The average Bonchev–Trinajstić information content (AvgIpc) is 2.46. The highest BCUT2D eigenvalue weighted by Gasteiger charge is 2.19. The number of benzene rings is 2. The molecular weight excluding hydrogens is 246 g/mol. The van der Waals surface area contributed by atoms with Crippen LogP contribution in [0.15, 0.2) is 42.5 Å². The molecule has 1 aliphatic carbocycles. The average molecular weight is 267 g/mol. The van der Waals surface area contributed by atoms with Gasteiger partial charge in [0.25, 0.3) is 0 Å². The third-order valence-corrected chi connectivity index (χ3v) is 4.11. The number of aromatic hydroxyl groups is 1. The van der Waals surface area contributed by atoms with Crippen molar-refractivity contribution in [2.45, 2.75) is 38.8 Å². The summed E-state index contributed by atoms with van der Waals surface area (Å²) in [5, 5.41) is 13.2. The number of rotatable bonds is 3. The normalized spacial score (nSPS) is 17.8. The zero-order valence-corrected chi connectivity index (χ0v) is 11.9. The van der Waals surface area contributed by atoms with Crippen LogP contribution in [0.2, 0.25) is 0 Å². The van der Waals surface area contributed by atoms with Crippen molar-refractivity contribution in [3.63, 3.8) is 0 Å². The van der Waals surface area contributed by atoms with Gasteiger partial charge < -0.3 is 10.4 Å². The summed E-state index contributed by atoms with van der Waals surface area (Å²) in [5.41, 5.74) is 5.26. The molecule has 20 heavy (non-hydrogen) atoms. The Morgan fingerprint density at radius 3 is 2.75 bits per heavy atom. The zero-order valence-electron chi connectivity index (χ0n) is 11.9. The maximum Gasteiger partial charge on any atom is 0.115 e. The molecule has 0 fully saturated rings. The van der Waals surface area contributed by atoms with Gasteiger partial charge in [-0.2, -0.15) is 0 Å². The fourth-order valence-corrected chi connectivity index (χ4v) is 2.96. The second-order valence-electron chi connectivity index (χ2n) is 5.69. The Morgan fingerprint density at radius 1 is 1.15 bits per heavy atom. The fourth-order valence-electron chi connectivity index (χ4n) is 2.96. The molecule has 2 nitrogen and oxygen atoms in total. The first-order valence-corrected chi connectivity index (χ1v) is 7.33. The van der Waals surface area contributed by atoms with E-state index in [9.17, 15) is 5.11 Å². The summed E-state index contributed by atoms with van der Waals surface area (Å²) in [5.74, 6) is 0.378. The van der Waals surface area contributed by atoms with E-state index in [4.69, 9.17) is 0 Å². The first-order chi connectivity index (χ1) is 9.72. The molecular formula is C18H21NO. The molecule has 0 saturated heterocycles. The lowest BCUT2D eigenvalue weighted by Gasteiger charge is -2.26. The number of phenols is 1. The Kier molecular flexibility index (Phi) is 3.75. The summed E-state index contributed by atoms with van der Waals surface area (Å²) in [6, 6.07) is 14.9. The Morgan fingerprint density at radius 2 is 1.95 bits per heavy atom. The van der Waals surface area contributed by atoms with E-state index in [1.807, 2.05) is 6.07 Å². The Bertz CT molecular complexity index is 589. The third-order valence-electron chi connectivity index (χ3n) is 4.11. The highest BCUT2D eigenvalue weighted by molar-refractivity contribution is 5.38. The lowest BCUT2D eigenvalue weighted by molar-refractivity contribution is 0.449. The van der Waals surface area contributed by atoms with Gasteiger partial charge in [-0.15, -0.1) is 0 Å². The monoisotopic (exact) mass is 267 g/mol. The molecule has 0 saturated carbocycles. The van der Waals surface area contributed by atoms with Crippen molar-refractivity contribution in [1.29, 1.82) is 0 Å². The molecule has 104 valence electrons. The molecule has 2 aromatic rings. The van der Waals surface area contributed by atoms with E-state index in [1.165, 1.54) is 35.1 Å². The standard InChI is InChI=1S/C18H21NO/c1-13-5-7-14(8-6-13)12-19-18-4-2-3-15-11-16(20)9-10-17(15)18/h5-11,18-20H,2-4,12H2,1H3. The Hall–Kier alpha value is -1.80. The van der Waals surface area contributed by atoms with Crippen LogP contribution in [0.1, 0.15) is 41.1 Å². The second kappa shape index (κ2) is 5.68. The highest BCUT2D eigenvalue weighted by Crippen LogP contribution is 2.32. The molecule has 0 heterocycles. The summed E-state index contributed by atoms with van der Waals surface area (Å²) < 4.78 is 0. The van der Waals surface area contributed by atoms with Gasteiger partial charge in [-0.3, -0.25) is 0 Å². The molecule has 0 radical (unpaired) electrons. The van der Waals surface area contributed by atoms with E-state index in [1.54, 1.807) is 6.07 Å². The predicted molar refractivity (Wildman–Crippen MR) is 81.8 cm³/mol. The van der Waals surface area contributed by atoms with Crippen LogP contribution in [0.25, 0.3) is 0 Å². The van der Waals surface area contributed by atoms with Gasteiger partial charge in [0.15, 0.2) is 0 Å². The molecule has 1 unspecified atom stereocenters. The van der Waals surface area contributed by atoms with Gasteiger partial charge in [0, 0.05) is 12.6 Å². The molecule has 0 aliphatic heterocycles. The van der Waals surface area contributed by atoms with Gasteiger partial charge in [0.1, 0.15) is 5.75 Å². The molecule has 0 amide bonds. The van der Waals surface area contributed by atoms with E-state index in [-0.39, 0.29) is 0 Å². The molecule has 2 aromatic carbocycles. The number of phenolic OH excluding ortho intramolecular Hbond substituents is 1. The fraction of sp³-hybridized carbons (Fsp3) is 0.333. The van der Waals surface area contributed by atoms with Gasteiger partial charge in [-0.25, -0.2) is 0 Å². The second-order valence-corrected chi connectivity index (χ2v) is 5.69. The van der Waals surface area contributed by atoms with E-state index in [2.05, 4.69) is 42.6 Å². The topological polar surface area (TPSA) is 32.3 Å². The summed E-state index contributed by atoms with van der Waals surface area (Å²) in [6.45, 7) is 3.01. The van der Waals surface area contributed by atoms with Crippen LogP contribution >= 0.6 is 0 Å². The number of aryl methyl sites for hydroxylation is 2. The van der Waals surface area contributed by atoms with Crippen LogP contribution in [-0.4, -0.2) is 5.11 Å². The lowest BCUT2D eigenvalue weighted by atomic mass is 9.87. The van der Waals surface area contributed by atoms with Crippen LogP contribution < -0.4 is 5.32 Å². The molecule has 1 atom stereocenters. The molecule has 0 bridgehead atoms. The zero-order chi connectivity index (χ0) is 13.9. The van der Waals surface area contributed by atoms with E-state index < -0.39 is 0 Å². The van der Waals surface area contributed by atoms with Crippen molar-refractivity contribution in [3.05, 3.63) is 64.7 Å². The van der Waals surface area contributed by atoms with Crippen LogP contribution in [0.3, 0.4) is 0 Å². The summed E-state index contributed by atoms with van der Waals surface area (Å²) in [4.78, 5) is 0. The Balaban J connectivity index is 1.71. The van der Waals surface area contributed by atoms with Gasteiger partial charge in [-0.05, 0) is 55.0 Å². The van der Waals surface area contributed by atoms with Crippen LogP contribution in [0.5, 0.6) is 5.75 Å². The smallest absolute Gasteiger partial charge is 0.115 e. The van der Waals surface area contributed by atoms with Crippen molar-refractivity contribution in [1.82, 2.24) is 5.32 Å². The summed E-state index contributed by atoms with van der Waals surface area (Å²) in [6.07, 6.45) is 3.43. The van der Waals surface area contributed by atoms with Crippen LogP contribution in [0.4, 0.5) is 0 Å². The van der Waals surface area contributed by atoms with Gasteiger partial charge >= 0.3 is 0 Å². The lowest BCUT2D eigenvalue weighted by Crippen LogP contribution is -2.24. The molecule has 2 heteroatoms. The van der Waals surface area contributed by atoms with Crippen molar-refractivity contribution in [2.75, 3.05) is 0 Å². The van der Waals surface area contributed by atoms with E-state index in [0.29, 0.717) is 11.8 Å². The number of nitrogens with one attached hydrogen (secondary N) is 1. The third kappa shape index (κ3) is 2.86. The minimum absolute atomic E-state index is 0.378. The minimum atomic E-state index is 0.378. The quantitative estimate of drug-likeness (QED) is 0.885. The van der Waals surface area contributed by atoms with Gasteiger partial charge in [-0.1, -0.05) is 35.9 Å². The number of hydrogen-bond donors (Lipinski definition) is 2. The van der Waals surface area contributed by atoms with Gasteiger partial charge in [0.05, 0.1) is 0 Å². The van der Waals surface area contributed by atoms with Crippen molar-refractivity contribution < 1.29 is 5.11 Å². The maximum absolute atomic E-state index is 9.59. The SMILES string of the molecule is Cc1ccc(CNC2CCCc3cc(O)ccc32)cc1. The molecule has 2 N–H and O–H groups in total. The predicted octanol–water partition coefficient (Wildman–Crippen LogP) is 3.87. The van der Waals surface area contributed by atoms with Crippen molar-refractivity contribution in [3.8, 4) is 5.75 Å². The Labute approximate surface area is 120 Å². The molecule has 1 aliphatic rings. The largest absolute Gasteiger partial charge is 0.508 e. The number of fused-ring (bicyclic) bond motifs is 1. The van der Waals surface area contributed by atoms with Crippen LogP contribution in [0, 0.1) is 6.92 Å². The first-order valence-electron chi connectivity index (χ1n) is 7.33. The molecule has 0 aromatic heterocycles. The summed E-state index contributed by atoms with van der Waals surface area (Å²) >= 11 is 0. The van der Waals surface area contributed by atoms with Gasteiger partial charge in [0.2, 0.25) is 0 Å². The number of hydrogen-bond acceptors (Lipinski definition) is 2. The minimum Gasteiger partial charge on any atom is -0.508 e. The summed E-state index contributed by atoms with van der Waals surface area (Å²) in [7, 11) is 0. The highest BCUT2D eigenvalue weighted by atomic mass is 16.3. The first kappa shape index (κ1) is 13.2. The van der Waals surface area contributed by atoms with Crippen LogP contribution in [-0.2, 0) is 13.0 Å². The van der Waals surface area contributed by atoms with E-state index >= 15 is 0 Å². The van der Waals surface area contributed by atoms with Crippen molar-refractivity contribution in [2.24, 2.45) is 0 Å². The van der Waals surface area contributed by atoms with E-state index in [0.717, 1.165) is 13.0 Å². The maximum atomic E-state index is 9.59.